The SMILES string of the molecule is CC(=O)c1ccc(NC(=O)C(C)Sc2nnc(-c3ccncc3)n2-c2ccccc2)cc1. The minimum atomic E-state index is -0.431. The van der Waals surface area contributed by atoms with Crippen LogP contribution in [0.5, 0.6) is 0 Å². The van der Waals surface area contributed by atoms with Gasteiger partial charge in [-0.05, 0) is 62.4 Å². The molecule has 0 saturated carbocycles. The number of hydrogen-bond donors (Lipinski definition) is 1. The number of ketones is 1. The molecule has 0 spiro atoms. The summed E-state index contributed by atoms with van der Waals surface area (Å²) in [5.41, 5.74) is 3.02. The molecule has 1 amide bonds. The van der Waals surface area contributed by atoms with Crippen LogP contribution >= 0.6 is 11.8 Å². The van der Waals surface area contributed by atoms with E-state index in [4.69, 9.17) is 0 Å². The molecule has 4 aromatic rings. The Labute approximate surface area is 189 Å². The molecular weight excluding hydrogens is 422 g/mol. The Hall–Kier alpha value is -3.78. The van der Waals surface area contributed by atoms with Crippen molar-refractivity contribution in [3.8, 4) is 17.1 Å². The van der Waals surface area contributed by atoms with E-state index in [1.165, 1.54) is 18.7 Å². The van der Waals surface area contributed by atoms with Crippen molar-refractivity contribution in [3.63, 3.8) is 0 Å². The van der Waals surface area contributed by atoms with E-state index in [1.54, 1.807) is 36.7 Å². The van der Waals surface area contributed by atoms with Crippen LogP contribution < -0.4 is 5.32 Å². The predicted octanol–water partition coefficient (Wildman–Crippen LogP) is 4.65. The zero-order chi connectivity index (χ0) is 22.5. The van der Waals surface area contributed by atoms with Crippen LogP contribution in [-0.2, 0) is 4.79 Å². The van der Waals surface area contributed by atoms with E-state index < -0.39 is 5.25 Å². The summed E-state index contributed by atoms with van der Waals surface area (Å²) in [5, 5.41) is 11.8. The number of aromatic nitrogens is 4. The zero-order valence-electron chi connectivity index (χ0n) is 17.6. The standard InChI is InChI=1S/C24H21N5O2S/c1-16(30)18-8-10-20(11-9-18)26-23(31)17(2)32-24-28-27-22(19-12-14-25-15-13-19)29(24)21-6-4-3-5-7-21/h3-15,17H,1-2H3,(H,26,31). The molecule has 2 heterocycles. The third-order valence-corrected chi connectivity index (χ3v) is 5.84. The lowest BCUT2D eigenvalue weighted by Gasteiger charge is -2.14. The molecule has 0 bridgehead atoms. The average Bonchev–Trinajstić information content (AvgIpc) is 3.24. The number of nitrogens with zero attached hydrogens (tertiary/aromatic N) is 4. The zero-order valence-corrected chi connectivity index (χ0v) is 18.4. The number of amides is 1. The van der Waals surface area contributed by atoms with Crippen LogP contribution in [0.1, 0.15) is 24.2 Å². The van der Waals surface area contributed by atoms with Gasteiger partial charge in [0.25, 0.3) is 0 Å². The summed E-state index contributed by atoms with van der Waals surface area (Å²) in [6, 6.07) is 20.4. The van der Waals surface area contributed by atoms with Crippen molar-refractivity contribution >= 4 is 29.1 Å². The molecule has 1 N–H and O–H groups in total. The highest BCUT2D eigenvalue weighted by Gasteiger charge is 2.22. The molecule has 0 fully saturated rings. The lowest BCUT2D eigenvalue weighted by molar-refractivity contribution is -0.115. The first-order valence-corrected chi connectivity index (χ1v) is 10.9. The number of Topliss-reactive ketones (excluding diaryl/α,β-unsaturated/α-hetero) is 1. The summed E-state index contributed by atoms with van der Waals surface area (Å²) in [4.78, 5) is 28.3. The lowest BCUT2D eigenvalue weighted by atomic mass is 10.1. The van der Waals surface area contributed by atoms with Crippen LogP contribution in [0.2, 0.25) is 0 Å². The van der Waals surface area contributed by atoms with Crippen LogP contribution in [0, 0.1) is 0 Å². The van der Waals surface area contributed by atoms with Gasteiger partial charge in [-0.1, -0.05) is 30.0 Å². The fourth-order valence-electron chi connectivity index (χ4n) is 3.09. The molecule has 7 nitrogen and oxygen atoms in total. The number of para-hydroxylation sites is 1. The van der Waals surface area contributed by atoms with Crippen molar-refractivity contribution < 1.29 is 9.59 Å². The normalized spacial score (nSPS) is 11.7. The number of thioether (sulfide) groups is 1. The van der Waals surface area contributed by atoms with Crippen LogP contribution in [0.3, 0.4) is 0 Å². The number of hydrogen-bond acceptors (Lipinski definition) is 6. The number of pyridine rings is 1. The van der Waals surface area contributed by atoms with Crippen LogP contribution in [0.15, 0.2) is 84.3 Å². The first-order chi connectivity index (χ1) is 15.5. The summed E-state index contributed by atoms with van der Waals surface area (Å²) in [7, 11) is 0. The monoisotopic (exact) mass is 443 g/mol. The van der Waals surface area contributed by atoms with E-state index in [-0.39, 0.29) is 11.7 Å². The number of rotatable bonds is 7. The molecule has 0 aliphatic carbocycles. The van der Waals surface area contributed by atoms with E-state index >= 15 is 0 Å². The molecule has 2 aromatic heterocycles. The molecule has 0 saturated heterocycles. The number of carbonyl (C=O) groups excluding carboxylic acids is 2. The van der Waals surface area contributed by atoms with Gasteiger partial charge in [-0.3, -0.25) is 19.1 Å². The molecule has 160 valence electrons. The second kappa shape index (κ2) is 9.57. The van der Waals surface area contributed by atoms with E-state index in [0.29, 0.717) is 22.2 Å². The Morgan fingerprint density at radius 3 is 2.28 bits per heavy atom. The minimum Gasteiger partial charge on any atom is -0.325 e. The van der Waals surface area contributed by atoms with Gasteiger partial charge >= 0.3 is 0 Å². The van der Waals surface area contributed by atoms with Gasteiger partial charge in [0.05, 0.1) is 5.25 Å². The Balaban J connectivity index is 1.57. The molecule has 4 rings (SSSR count). The summed E-state index contributed by atoms with van der Waals surface area (Å²) < 4.78 is 1.94. The van der Waals surface area contributed by atoms with Gasteiger partial charge in [0.2, 0.25) is 5.91 Å². The highest BCUT2D eigenvalue weighted by molar-refractivity contribution is 8.00. The topological polar surface area (TPSA) is 89.8 Å². The highest BCUT2D eigenvalue weighted by Crippen LogP contribution is 2.30. The fraction of sp³-hybridized carbons (Fsp3) is 0.125. The molecular formula is C24H21N5O2S. The summed E-state index contributed by atoms with van der Waals surface area (Å²) in [6.07, 6.45) is 3.42. The van der Waals surface area contributed by atoms with Crippen molar-refractivity contribution in [2.24, 2.45) is 0 Å². The minimum absolute atomic E-state index is 0.0166. The van der Waals surface area contributed by atoms with E-state index in [2.05, 4.69) is 20.5 Å². The van der Waals surface area contributed by atoms with Gasteiger partial charge in [0, 0.05) is 34.9 Å². The van der Waals surface area contributed by atoms with E-state index in [9.17, 15) is 9.59 Å². The Kier molecular flexibility index (Phi) is 6.42. The molecule has 1 unspecified atom stereocenters. The third-order valence-electron chi connectivity index (χ3n) is 4.80. The van der Waals surface area contributed by atoms with Crippen molar-refractivity contribution in [2.75, 3.05) is 5.32 Å². The summed E-state index contributed by atoms with van der Waals surface area (Å²) >= 11 is 1.32. The second-order valence-corrected chi connectivity index (χ2v) is 8.40. The largest absolute Gasteiger partial charge is 0.325 e. The summed E-state index contributed by atoms with van der Waals surface area (Å²) in [5.74, 6) is 0.490. The number of benzene rings is 2. The van der Waals surface area contributed by atoms with Crippen molar-refractivity contribution in [1.82, 2.24) is 19.7 Å². The van der Waals surface area contributed by atoms with Crippen molar-refractivity contribution in [3.05, 3.63) is 84.7 Å². The van der Waals surface area contributed by atoms with Crippen LogP contribution in [-0.4, -0.2) is 36.7 Å². The first-order valence-electron chi connectivity index (χ1n) is 10.0. The molecule has 8 heteroatoms. The quantitative estimate of drug-likeness (QED) is 0.330. The highest BCUT2D eigenvalue weighted by atomic mass is 32.2. The maximum atomic E-state index is 12.8. The van der Waals surface area contributed by atoms with Gasteiger partial charge in [-0.15, -0.1) is 10.2 Å². The van der Waals surface area contributed by atoms with Gasteiger partial charge in [0.1, 0.15) is 0 Å². The molecule has 2 aromatic carbocycles. The van der Waals surface area contributed by atoms with E-state index in [1.807, 2.05) is 54.0 Å². The van der Waals surface area contributed by atoms with Gasteiger partial charge in [-0.25, -0.2) is 0 Å². The molecule has 0 aliphatic heterocycles. The van der Waals surface area contributed by atoms with Crippen molar-refractivity contribution in [1.29, 1.82) is 0 Å². The van der Waals surface area contributed by atoms with Gasteiger partial charge < -0.3 is 5.32 Å². The number of carbonyl (C=O) groups is 2. The maximum Gasteiger partial charge on any atom is 0.237 e. The van der Waals surface area contributed by atoms with Crippen LogP contribution in [0.25, 0.3) is 17.1 Å². The molecule has 0 aliphatic rings. The summed E-state index contributed by atoms with van der Waals surface area (Å²) in [6.45, 7) is 3.33. The Bertz CT molecular complexity index is 1220. The number of nitrogens with one attached hydrogen (secondary N) is 1. The lowest BCUT2D eigenvalue weighted by Crippen LogP contribution is -2.23. The Morgan fingerprint density at radius 1 is 0.938 bits per heavy atom. The molecule has 1 atom stereocenters. The number of anilines is 1. The van der Waals surface area contributed by atoms with E-state index in [0.717, 1.165) is 11.3 Å². The predicted molar refractivity (Wildman–Crippen MR) is 125 cm³/mol. The first kappa shape index (κ1) is 21.5. The van der Waals surface area contributed by atoms with Crippen LogP contribution in [0.4, 0.5) is 5.69 Å². The van der Waals surface area contributed by atoms with Gasteiger partial charge in [0.15, 0.2) is 16.8 Å². The second-order valence-electron chi connectivity index (χ2n) is 7.10. The molecule has 0 radical (unpaired) electrons. The van der Waals surface area contributed by atoms with Gasteiger partial charge in [-0.2, -0.15) is 0 Å². The molecule has 32 heavy (non-hydrogen) atoms. The maximum absolute atomic E-state index is 12.8. The average molecular weight is 444 g/mol. The van der Waals surface area contributed by atoms with Crippen molar-refractivity contribution in [2.45, 2.75) is 24.3 Å². The fourth-order valence-corrected chi connectivity index (χ4v) is 3.96. The smallest absolute Gasteiger partial charge is 0.237 e. The third kappa shape index (κ3) is 4.76. The Morgan fingerprint density at radius 2 is 1.62 bits per heavy atom.